The molecule has 0 bridgehead atoms. The van der Waals surface area contributed by atoms with Crippen molar-refractivity contribution in [3.63, 3.8) is 0 Å². The van der Waals surface area contributed by atoms with Crippen molar-refractivity contribution in [3.8, 4) is 17.2 Å². The molecule has 0 saturated carbocycles. The smallest absolute Gasteiger partial charge is 0.298 e. The number of halogens is 3. The fourth-order valence-corrected chi connectivity index (χ4v) is 1.84. The van der Waals surface area contributed by atoms with Gasteiger partial charge in [0.2, 0.25) is 0 Å². The van der Waals surface area contributed by atoms with E-state index < -0.39 is 11.7 Å². The lowest BCUT2D eigenvalue weighted by Crippen LogP contribution is -2.05. The Morgan fingerprint density at radius 3 is 2.45 bits per heavy atom. The lowest BCUT2D eigenvalue weighted by atomic mass is 9.96. The van der Waals surface area contributed by atoms with Crippen molar-refractivity contribution in [1.82, 2.24) is 0 Å². The molecule has 0 saturated heterocycles. The Kier molecular flexibility index (Phi) is 3.57. The van der Waals surface area contributed by atoms with E-state index in [0.717, 1.165) is 18.2 Å². The molecule has 0 spiro atoms. The summed E-state index contributed by atoms with van der Waals surface area (Å²) < 4.78 is 38.2. The van der Waals surface area contributed by atoms with Crippen LogP contribution in [0.2, 0.25) is 0 Å². The average molecular weight is 275 g/mol. The van der Waals surface area contributed by atoms with Crippen molar-refractivity contribution in [2.75, 3.05) is 0 Å². The lowest BCUT2D eigenvalue weighted by Gasteiger charge is -2.10. The summed E-state index contributed by atoms with van der Waals surface area (Å²) in [5, 5.41) is 9.00. The molecule has 5 heteroatoms. The number of aldehydes is 1. The van der Waals surface area contributed by atoms with Gasteiger partial charge in [-0.2, -0.15) is 18.4 Å². The van der Waals surface area contributed by atoms with Crippen LogP contribution in [0, 0.1) is 11.3 Å². The minimum atomic E-state index is -4.48. The zero-order chi connectivity index (χ0) is 14.8. The molecule has 0 unspecified atom stereocenters. The fourth-order valence-electron chi connectivity index (χ4n) is 1.84. The van der Waals surface area contributed by atoms with Gasteiger partial charge in [0, 0.05) is 11.1 Å². The summed E-state index contributed by atoms with van der Waals surface area (Å²) in [7, 11) is 0. The zero-order valence-electron chi connectivity index (χ0n) is 10.1. The minimum absolute atomic E-state index is 0.126. The molecule has 0 atom stereocenters. The number of benzene rings is 2. The van der Waals surface area contributed by atoms with Gasteiger partial charge < -0.3 is 0 Å². The quantitative estimate of drug-likeness (QED) is 0.775. The molecule has 2 aromatic rings. The summed E-state index contributed by atoms with van der Waals surface area (Å²) in [6, 6.07) is 10.9. The highest BCUT2D eigenvalue weighted by Crippen LogP contribution is 2.34. The highest BCUT2D eigenvalue weighted by molar-refractivity contribution is 5.80. The van der Waals surface area contributed by atoms with Gasteiger partial charge in [-0.25, -0.2) is 0 Å². The Balaban J connectivity index is 2.64. The molecule has 2 aromatic carbocycles. The molecule has 0 heterocycles. The van der Waals surface area contributed by atoms with Gasteiger partial charge in [-0.05, 0) is 29.8 Å². The second-order valence-electron chi connectivity index (χ2n) is 4.11. The molecule has 0 aliphatic rings. The monoisotopic (exact) mass is 275 g/mol. The molecule has 0 aliphatic carbocycles. The number of hydrogen-bond donors (Lipinski definition) is 0. The molecule has 20 heavy (non-hydrogen) atoms. The Bertz CT molecular complexity index is 699. The number of nitriles is 1. The maximum atomic E-state index is 12.7. The van der Waals surface area contributed by atoms with E-state index in [0.29, 0.717) is 17.4 Å². The van der Waals surface area contributed by atoms with Crippen molar-refractivity contribution >= 4 is 6.29 Å². The first-order valence-electron chi connectivity index (χ1n) is 5.62. The molecule has 2 nitrogen and oxygen atoms in total. The molecule has 0 aliphatic heterocycles. The van der Waals surface area contributed by atoms with Crippen molar-refractivity contribution < 1.29 is 18.0 Å². The maximum absolute atomic E-state index is 12.7. The first kappa shape index (κ1) is 13.8. The van der Waals surface area contributed by atoms with Crippen molar-refractivity contribution in [3.05, 3.63) is 59.2 Å². The van der Waals surface area contributed by atoms with E-state index in [1.54, 1.807) is 12.1 Å². The summed E-state index contributed by atoms with van der Waals surface area (Å²) in [5.41, 5.74) is 0.191. The topological polar surface area (TPSA) is 40.9 Å². The first-order chi connectivity index (χ1) is 9.45. The number of rotatable bonds is 2. The second-order valence-corrected chi connectivity index (χ2v) is 4.11. The number of carbonyl (C=O) groups excluding carboxylic acids is 1. The van der Waals surface area contributed by atoms with Crippen molar-refractivity contribution in [1.29, 1.82) is 5.26 Å². The summed E-state index contributed by atoms with van der Waals surface area (Å²) >= 11 is 0. The highest BCUT2D eigenvalue weighted by atomic mass is 19.4. The third-order valence-electron chi connectivity index (χ3n) is 2.80. The van der Waals surface area contributed by atoms with E-state index in [9.17, 15) is 18.0 Å². The van der Waals surface area contributed by atoms with Gasteiger partial charge in [0.05, 0.1) is 17.2 Å². The van der Waals surface area contributed by atoms with Crippen LogP contribution >= 0.6 is 0 Å². The van der Waals surface area contributed by atoms with Crippen LogP contribution < -0.4 is 0 Å². The van der Waals surface area contributed by atoms with Crippen LogP contribution in [0.5, 0.6) is 0 Å². The summed E-state index contributed by atoms with van der Waals surface area (Å²) in [6.45, 7) is 0. The summed E-state index contributed by atoms with van der Waals surface area (Å²) in [4.78, 5) is 10.7. The van der Waals surface area contributed by atoms with E-state index >= 15 is 0 Å². The Morgan fingerprint density at radius 1 is 1.10 bits per heavy atom. The molecule has 0 radical (unpaired) electrons. The van der Waals surface area contributed by atoms with Crippen LogP contribution in [-0.4, -0.2) is 6.29 Å². The van der Waals surface area contributed by atoms with Crippen LogP contribution in [-0.2, 0) is 6.18 Å². The Morgan fingerprint density at radius 2 is 1.85 bits per heavy atom. The van der Waals surface area contributed by atoms with Gasteiger partial charge in [0.1, 0.15) is 6.29 Å². The van der Waals surface area contributed by atoms with E-state index in [1.807, 2.05) is 6.07 Å². The van der Waals surface area contributed by atoms with Gasteiger partial charge in [0.25, 0.3) is 0 Å². The van der Waals surface area contributed by atoms with Crippen LogP contribution in [0.4, 0.5) is 13.2 Å². The molecular weight excluding hydrogens is 267 g/mol. The van der Waals surface area contributed by atoms with Gasteiger partial charge in [-0.1, -0.05) is 18.2 Å². The largest absolute Gasteiger partial charge is 0.416 e. The van der Waals surface area contributed by atoms with E-state index in [1.165, 1.54) is 12.1 Å². The third-order valence-corrected chi connectivity index (χ3v) is 2.80. The third kappa shape index (κ3) is 2.69. The molecule has 2 rings (SSSR count). The SMILES string of the molecule is N#Cc1ccc(C(F)(F)F)cc1-c1cccc(C=O)c1. The van der Waals surface area contributed by atoms with Crippen molar-refractivity contribution in [2.24, 2.45) is 0 Å². The summed E-state index contributed by atoms with van der Waals surface area (Å²) in [5.74, 6) is 0. The fraction of sp³-hybridized carbons (Fsp3) is 0.0667. The molecule has 0 amide bonds. The Hall–Kier alpha value is -2.61. The number of alkyl halides is 3. The van der Waals surface area contributed by atoms with Crippen LogP contribution in [0.3, 0.4) is 0 Å². The summed E-state index contributed by atoms with van der Waals surface area (Å²) in [6.07, 6.45) is -3.88. The molecule has 0 aromatic heterocycles. The molecular formula is C15H8F3NO. The van der Waals surface area contributed by atoms with Gasteiger partial charge in [-0.15, -0.1) is 0 Å². The average Bonchev–Trinajstić information content (AvgIpc) is 2.45. The molecule has 100 valence electrons. The normalized spacial score (nSPS) is 10.9. The predicted molar refractivity (Wildman–Crippen MR) is 67.0 cm³/mol. The van der Waals surface area contributed by atoms with E-state index in [2.05, 4.69) is 0 Å². The zero-order valence-corrected chi connectivity index (χ0v) is 10.1. The number of carbonyl (C=O) groups is 1. The van der Waals surface area contributed by atoms with Crippen LogP contribution in [0.25, 0.3) is 11.1 Å². The predicted octanol–water partition coefficient (Wildman–Crippen LogP) is 4.06. The van der Waals surface area contributed by atoms with Gasteiger partial charge >= 0.3 is 6.18 Å². The molecule has 0 fully saturated rings. The maximum Gasteiger partial charge on any atom is 0.416 e. The highest BCUT2D eigenvalue weighted by Gasteiger charge is 2.31. The van der Waals surface area contributed by atoms with E-state index in [-0.39, 0.29) is 11.1 Å². The lowest BCUT2D eigenvalue weighted by molar-refractivity contribution is -0.137. The van der Waals surface area contributed by atoms with Crippen LogP contribution in [0.1, 0.15) is 21.5 Å². The van der Waals surface area contributed by atoms with E-state index in [4.69, 9.17) is 5.26 Å². The van der Waals surface area contributed by atoms with Crippen molar-refractivity contribution in [2.45, 2.75) is 6.18 Å². The number of nitrogens with zero attached hydrogens (tertiary/aromatic N) is 1. The standard InChI is InChI=1S/C15H8F3NO/c16-15(17,18)13-5-4-12(8-19)14(7-13)11-3-1-2-10(6-11)9-20/h1-7,9H. The molecule has 0 N–H and O–H groups in total. The Labute approximate surface area is 113 Å². The first-order valence-corrected chi connectivity index (χ1v) is 5.62. The minimum Gasteiger partial charge on any atom is -0.298 e. The number of hydrogen-bond acceptors (Lipinski definition) is 2. The van der Waals surface area contributed by atoms with Crippen LogP contribution in [0.15, 0.2) is 42.5 Å². The van der Waals surface area contributed by atoms with Gasteiger partial charge in [0.15, 0.2) is 0 Å². The van der Waals surface area contributed by atoms with Gasteiger partial charge in [-0.3, -0.25) is 4.79 Å². The second kappa shape index (κ2) is 5.17.